The molecule has 2 aromatic rings. The number of nitrogens with two attached hydrogens (primary N) is 1. The van der Waals surface area contributed by atoms with Crippen molar-refractivity contribution in [3.63, 3.8) is 0 Å². The number of methoxy groups -OCH3 is 2. The lowest BCUT2D eigenvalue weighted by molar-refractivity contribution is 0.0703. The first-order valence-corrected chi connectivity index (χ1v) is 9.68. The summed E-state index contributed by atoms with van der Waals surface area (Å²) in [5.74, 6) is 2.59. The second-order valence-electron chi connectivity index (χ2n) is 7.63. The molecule has 1 amide bonds. The van der Waals surface area contributed by atoms with E-state index in [0.717, 1.165) is 32.1 Å². The van der Waals surface area contributed by atoms with Gasteiger partial charge in [0.15, 0.2) is 5.82 Å². The minimum atomic E-state index is -0.413. The molecule has 2 fully saturated rings. The van der Waals surface area contributed by atoms with Crippen molar-refractivity contribution in [2.75, 3.05) is 27.3 Å². The van der Waals surface area contributed by atoms with Crippen LogP contribution >= 0.6 is 12.4 Å². The van der Waals surface area contributed by atoms with Gasteiger partial charge in [-0.1, -0.05) is 5.16 Å². The fourth-order valence-corrected chi connectivity index (χ4v) is 3.83. The molecule has 1 saturated carbocycles. The summed E-state index contributed by atoms with van der Waals surface area (Å²) in [5.41, 5.74) is 6.43. The summed E-state index contributed by atoms with van der Waals surface area (Å²) in [6, 6.07) is 5.23. The molecular weight excluding hydrogens is 396 g/mol. The van der Waals surface area contributed by atoms with Crippen LogP contribution in [-0.4, -0.2) is 48.3 Å². The highest BCUT2D eigenvalue weighted by molar-refractivity contribution is 5.95. The molecule has 29 heavy (non-hydrogen) atoms. The molecule has 1 aromatic heterocycles. The van der Waals surface area contributed by atoms with E-state index in [2.05, 4.69) is 10.1 Å². The smallest absolute Gasteiger partial charge is 0.254 e. The second-order valence-corrected chi connectivity index (χ2v) is 7.63. The third-order valence-electron chi connectivity index (χ3n) is 5.86. The Morgan fingerprint density at radius 1 is 1.17 bits per heavy atom. The van der Waals surface area contributed by atoms with Crippen LogP contribution in [0, 0.1) is 0 Å². The van der Waals surface area contributed by atoms with Crippen LogP contribution in [0.2, 0.25) is 0 Å². The molecule has 2 aliphatic rings. The Hall–Kier alpha value is -2.32. The third kappa shape index (κ3) is 4.18. The lowest BCUT2D eigenvalue weighted by atomic mass is 9.77. The molecule has 2 heterocycles. The summed E-state index contributed by atoms with van der Waals surface area (Å²) in [5, 5.41) is 4.11. The van der Waals surface area contributed by atoms with Crippen molar-refractivity contribution in [1.29, 1.82) is 0 Å². The normalized spacial score (nSPS) is 18.5. The first kappa shape index (κ1) is 21.4. The summed E-state index contributed by atoms with van der Waals surface area (Å²) in [7, 11) is 3.14. The van der Waals surface area contributed by atoms with Crippen LogP contribution in [0.4, 0.5) is 0 Å². The molecule has 1 aromatic carbocycles. The molecular formula is C20H27ClN4O4. The fraction of sp³-hybridized carbons (Fsp3) is 0.550. The van der Waals surface area contributed by atoms with E-state index in [0.29, 0.717) is 41.9 Å². The van der Waals surface area contributed by atoms with Gasteiger partial charge in [-0.3, -0.25) is 4.79 Å². The number of nitrogens with zero attached hydrogens (tertiary/aromatic N) is 3. The summed E-state index contributed by atoms with van der Waals surface area (Å²) in [6.07, 6.45) is 4.49. The predicted molar refractivity (Wildman–Crippen MR) is 109 cm³/mol. The zero-order chi connectivity index (χ0) is 19.7. The van der Waals surface area contributed by atoms with Crippen LogP contribution in [-0.2, 0) is 5.54 Å². The molecule has 1 saturated heterocycles. The number of benzene rings is 1. The molecule has 0 bridgehead atoms. The first-order valence-electron chi connectivity index (χ1n) is 9.68. The van der Waals surface area contributed by atoms with Gasteiger partial charge in [-0.25, -0.2) is 0 Å². The maximum Gasteiger partial charge on any atom is 0.254 e. The van der Waals surface area contributed by atoms with Crippen molar-refractivity contribution in [3.8, 4) is 11.5 Å². The Morgan fingerprint density at radius 3 is 2.31 bits per heavy atom. The van der Waals surface area contributed by atoms with Crippen LogP contribution in [0.25, 0.3) is 0 Å². The topological polar surface area (TPSA) is 104 Å². The van der Waals surface area contributed by atoms with Crippen molar-refractivity contribution in [2.45, 2.75) is 43.6 Å². The lowest BCUT2D eigenvalue weighted by Gasteiger charge is -2.34. The Morgan fingerprint density at radius 2 is 1.79 bits per heavy atom. The van der Waals surface area contributed by atoms with Crippen molar-refractivity contribution < 1.29 is 18.8 Å². The minimum absolute atomic E-state index is 0. The summed E-state index contributed by atoms with van der Waals surface area (Å²) in [6.45, 7) is 1.27. The van der Waals surface area contributed by atoms with Gasteiger partial charge in [-0.2, -0.15) is 4.98 Å². The van der Waals surface area contributed by atoms with Gasteiger partial charge in [0.05, 0.1) is 19.8 Å². The van der Waals surface area contributed by atoms with E-state index < -0.39 is 5.54 Å². The Balaban J connectivity index is 0.00000240. The molecule has 0 unspecified atom stereocenters. The van der Waals surface area contributed by atoms with E-state index in [1.165, 1.54) is 0 Å². The Kier molecular flexibility index (Phi) is 6.33. The van der Waals surface area contributed by atoms with Gasteiger partial charge in [0.1, 0.15) is 11.5 Å². The summed E-state index contributed by atoms with van der Waals surface area (Å²) >= 11 is 0. The minimum Gasteiger partial charge on any atom is -0.497 e. The monoisotopic (exact) mass is 422 g/mol. The van der Waals surface area contributed by atoms with Gasteiger partial charge >= 0.3 is 0 Å². The highest BCUT2D eigenvalue weighted by Crippen LogP contribution is 2.38. The second kappa shape index (κ2) is 8.59. The molecule has 0 atom stereocenters. The van der Waals surface area contributed by atoms with Gasteiger partial charge in [0, 0.05) is 30.6 Å². The third-order valence-corrected chi connectivity index (χ3v) is 5.86. The van der Waals surface area contributed by atoms with Crippen LogP contribution in [0.15, 0.2) is 22.7 Å². The fourth-order valence-electron chi connectivity index (χ4n) is 3.83. The molecule has 9 heteroatoms. The largest absolute Gasteiger partial charge is 0.497 e. The van der Waals surface area contributed by atoms with E-state index in [4.69, 9.17) is 19.7 Å². The number of halogens is 1. The number of rotatable bonds is 5. The molecule has 8 nitrogen and oxygen atoms in total. The predicted octanol–water partition coefficient (Wildman–Crippen LogP) is 2.87. The zero-order valence-corrected chi connectivity index (χ0v) is 17.5. The number of ether oxygens (including phenoxy) is 2. The average molecular weight is 423 g/mol. The number of carbonyl (C=O) groups excluding carboxylic acids is 1. The standard InChI is InChI=1S/C20H26N4O4.ClH/c1-26-15-10-14(11-16(12-15)27-2)18(25)24-8-4-13(5-9-24)17-22-19(23-28-17)20(21)6-3-7-20;/h10-13H,3-9,21H2,1-2H3;1H. The van der Waals surface area contributed by atoms with Gasteiger partial charge in [0.2, 0.25) is 5.89 Å². The molecule has 158 valence electrons. The Labute approximate surface area is 176 Å². The first-order chi connectivity index (χ1) is 13.5. The van der Waals surface area contributed by atoms with Gasteiger partial charge < -0.3 is 24.6 Å². The number of hydrogen-bond acceptors (Lipinski definition) is 7. The van der Waals surface area contributed by atoms with E-state index in [-0.39, 0.29) is 24.2 Å². The molecule has 2 N–H and O–H groups in total. The maximum atomic E-state index is 12.9. The average Bonchev–Trinajstić information content (AvgIpc) is 3.21. The number of piperidine rings is 1. The van der Waals surface area contributed by atoms with Crippen molar-refractivity contribution in [1.82, 2.24) is 15.0 Å². The highest BCUT2D eigenvalue weighted by atomic mass is 35.5. The molecule has 1 aliphatic heterocycles. The number of carbonyl (C=O) groups is 1. The summed E-state index contributed by atoms with van der Waals surface area (Å²) < 4.78 is 16.0. The van der Waals surface area contributed by atoms with Crippen molar-refractivity contribution in [3.05, 3.63) is 35.5 Å². The Bertz CT molecular complexity index is 838. The lowest BCUT2D eigenvalue weighted by Crippen LogP contribution is -2.44. The van der Waals surface area contributed by atoms with E-state index >= 15 is 0 Å². The zero-order valence-electron chi connectivity index (χ0n) is 16.7. The van der Waals surface area contributed by atoms with E-state index in [1.807, 2.05) is 4.90 Å². The molecule has 0 radical (unpaired) electrons. The summed E-state index contributed by atoms with van der Waals surface area (Å²) in [4.78, 5) is 19.3. The van der Waals surface area contributed by atoms with Crippen LogP contribution < -0.4 is 15.2 Å². The highest BCUT2D eigenvalue weighted by Gasteiger charge is 2.40. The van der Waals surface area contributed by atoms with E-state index in [1.54, 1.807) is 32.4 Å². The van der Waals surface area contributed by atoms with Crippen molar-refractivity contribution in [2.24, 2.45) is 5.73 Å². The molecule has 4 rings (SSSR count). The van der Waals surface area contributed by atoms with Crippen LogP contribution in [0.3, 0.4) is 0 Å². The van der Waals surface area contributed by atoms with Crippen LogP contribution in [0.5, 0.6) is 11.5 Å². The number of aromatic nitrogens is 2. The van der Waals surface area contributed by atoms with Gasteiger partial charge in [0.25, 0.3) is 5.91 Å². The quantitative estimate of drug-likeness (QED) is 0.789. The molecule has 0 spiro atoms. The van der Waals surface area contributed by atoms with Gasteiger partial charge in [-0.15, -0.1) is 12.4 Å². The van der Waals surface area contributed by atoms with Gasteiger partial charge in [-0.05, 0) is 44.2 Å². The van der Waals surface area contributed by atoms with Crippen molar-refractivity contribution >= 4 is 18.3 Å². The van der Waals surface area contributed by atoms with Crippen LogP contribution in [0.1, 0.15) is 60.1 Å². The molecule has 1 aliphatic carbocycles. The SMILES string of the molecule is COc1cc(OC)cc(C(=O)N2CCC(c3nc(C4(N)CCC4)no3)CC2)c1.Cl. The number of hydrogen-bond donors (Lipinski definition) is 1. The van der Waals surface area contributed by atoms with E-state index in [9.17, 15) is 4.79 Å². The number of amides is 1. The maximum absolute atomic E-state index is 12.9. The number of likely N-dealkylation sites (tertiary alicyclic amines) is 1.